The molecule has 0 spiro atoms. The Hall–Kier alpha value is -1.53. The summed E-state index contributed by atoms with van der Waals surface area (Å²) < 4.78 is 19.5. The molecule has 0 radical (unpaired) electrons. The number of nitrogens with zero attached hydrogens (tertiary/aromatic N) is 2. The summed E-state index contributed by atoms with van der Waals surface area (Å²) >= 11 is 4.72. The van der Waals surface area contributed by atoms with Crippen LogP contribution in [0.4, 0.5) is 4.39 Å². The highest BCUT2D eigenvalue weighted by molar-refractivity contribution is 9.10. The molecule has 6 heteroatoms. The zero-order valence-corrected chi connectivity index (χ0v) is 11.3. The summed E-state index contributed by atoms with van der Waals surface area (Å²) in [6, 6.07) is 6.24. The second-order valence-electron chi connectivity index (χ2n) is 3.53. The normalized spacial score (nSPS) is 10.8. The van der Waals surface area contributed by atoms with Gasteiger partial charge in [-0.15, -0.1) is 11.3 Å². The Morgan fingerprint density at radius 1 is 1.22 bits per heavy atom. The SMILES string of the molecule is Fc1cc(Br)cc(Oc2ncnc3sccc23)c1. The zero-order valence-electron chi connectivity index (χ0n) is 8.93. The number of hydrogen-bond donors (Lipinski definition) is 0. The number of benzene rings is 1. The van der Waals surface area contributed by atoms with Crippen LogP contribution in [0.1, 0.15) is 0 Å². The lowest BCUT2D eigenvalue weighted by Crippen LogP contribution is -1.90. The summed E-state index contributed by atoms with van der Waals surface area (Å²) in [7, 11) is 0. The molecule has 0 aliphatic carbocycles. The predicted octanol–water partition coefficient (Wildman–Crippen LogP) is 4.39. The molecule has 18 heavy (non-hydrogen) atoms. The van der Waals surface area contributed by atoms with Gasteiger partial charge in [0.15, 0.2) is 0 Å². The summed E-state index contributed by atoms with van der Waals surface area (Å²) in [6.07, 6.45) is 1.43. The molecule has 90 valence electrons. The topological polar surface area (TPSA) is 35.0 Å². The van der Waals surface area contributed by atoms with Crippen LogP contribution >= 0.6 is 27.3 Å². The molecule has 3 aromatic rings. The number of fused-ring (bicyclic) bond motifs is 1. The molecule has 2 heterocycles. The Morgan fingerprint density at radius 3 is 2.94 bits per heavy atom. The molecule has 0 saturated heterocycles. The van der Waals surface area contributed by atoms with Gasteiger partial charge in [0.2, 0.25) is 5.88 Å². The highest BCUT2D eigenvalue weighted by atomic mass is 79.9. The molecule has 0 amide bonds. The Labute approximate surface area is 114 Å². The van der Waals surface area contributed by atoms with E-state index in [1.54, 1.807) is 6.07 Å². The van der Waals surface area contributed by atoms with Crippen molar-refractivity contribution in [2.75, 3.05) is 0 Å². The van der Waals surface area contributed by atoms with Crippen molar-refractivity contribution in [3.8, 4) is 11.6 Å². The molecule has 3 nitrogen and oxygen atoms in total. The lowest BCUT2D eigenvalue weighted by atomic mass is 10.3. The molecule has 0 unspecified atom stereocenters. The zero-order chi connectivity index (χ0) is 12.5. The Kier molecular flexibility index (Phi) is 2.97. The number of halogens is 2. The fourth-order valence-corrected chi connectivity index (χ4v) is 2.72. The Balaban J connectivity index is 2.03. The number of ether oxygens (including phenoxy) is 1. The quantitative estimate of drug-likeness (QED) is 0.701. The molecule has 1 aromatic carbocycles. The van der Waals surface area contributed by atoms with E-state index < -0.39 is 0 Å². The third-order valence-electron chi connectivity index (χ3n) is 2.28. The van der Waals surface area contributed by atoms with E-state index in [9.17, 15) is 4.39 Å². The molecule has 0 saturated carbocycles. The van der Waals surface area contributed by atoms with Crippen LogP contribution in [0.25, 0.3) is 10.2 Å². The third kappa shape index (κ3) is 2.21. The van der Waals surface area contributed by atoms with Crippen molar-refractivity contribution in [1.29, 1.82) is 0 Å². The molecule has 0 fully saturated rings. The first kappa shape index (κ1) is 11.6. The summed E-state index contributed by atoms with van der Waals surface area (Å²) in [5, 5.41) is 2.73. The van der Waals surface area contributed by atoms with Gasteiger partial charge in [-0.25, -0.2) is 14.4 Å². The van der Waals surface area contributed by atoms with Crippen LogP contribution in [0.5, 0.6) is 11.6 Å². The number of thiophene rings is 1. The van der Waals surface area contributed by atoms with Crippen molar-refractivity contribution >= 4 is 37.5 Å². The summed E-state index contributed by atoms with van der Waals surface area (Å²) in [5.74, 6) is 0.460. The van der Waals surface area contributed by atoms with Gasteiger partial charge < -0.3 is 4.74 Å². The molecular weight excluding hydrogens is 319 g/mol. The molecule has 3 rings (SSSR count). The summed E-state index contributed by atoms with van der Waals surface area (Å²) in [5.41, 5.74) is 0. The van der Waals surface area contributed by atoms with Crippen molar-refractivity contribution in [1.82, 2.24) is 9.97 Å². The molecule has 0 atom stereocenters. The van der Waals surface area contributed by atoms with E-state index >= 15 is 0 Å². The smallest absolute Gasteiger partial charge is 0.231 e. The lowest BCUT2D eigenvalue weighted by molar-refractivity contribution is 0.463. The first-order valence-electron chi connectivity index (χ1n) is 5.04. The van der Waals surface area contributed by atoms with Gasteiger partial charge in [0.25, 0.3) is 0 Å². The van der Waals surface area contributed by atoms with Gasteiger partial charge in [-0.1, -0.05) is 15.9 Å². The highest BCUT2D eigenvalue weighted by Gasteiger charge is 2.08. The highest BCUT2D eigenvalue weighted by Crippen LogP contribution is 2.30. The second-order valence-corrected chi connectivity index (χ2v) is 5.34. The monoisotopic (exact) mass is 324 g/mol. The minimum absolute atomic E-state index is 0.366. The van der Waals surface area contributed by atoms with Gasteiger partial charge in [0.05, 0.1) is 5.39 Å². The first-order chi connectivity index (χ1) is 8.72. The van der Waals surface area contributed by atoms with E-state index in [1.807, 2.05) is 11.4 Å². The molecule has 2 aromatic heterocycles. The molecule has 0 N–H and O–H groups in total. The van der Waals surface area contributed by atoms with Crippen molar-refractivity contribution in [2.45, 2.75) is 0 Å². The van der Waals surface area contributed by atoms with Crippen LogP contribution in [0.15, 0.2) is 40.4 Å². The average Bonchev–Trinajstić information content (AvgIpc) is 2.76. The number of rotatable bonds is 2. The van der Waals surface area contributed by atoms with Crippen LogP contribution in [-0.4, -0.2) is 9.97 Å². The van der Waals surface area contributed by atoms with Crippen LogP contribution < -0.4 is 4.74 Å². The fraction of sp³-hybridized carbons (Fsp3) is 0. The van der Waals surface area contributed by atoms with Crippen LogP contribution in [0.3, 0.4) is 0 Å². The minimum atomic E-state index is -0.366. The van der Waals surface area contributed by atoms with Gasteiger partial charge in [-0.2, -0.15) is 0 Å². The Morgan fingerprint density at radius 2 is 2.11 bits per heavy atom. The van der Waals surface area contributed by atoms with Gasteiger partial charge in [-0.3, -0.25) is 0 Å². The van der Waals surface area contributed by atoms with E-state index in [-0.39, 0.29) is 5.82 Å². The van der Waals surface area contributed by atoms with Gasteiger partial charge in [0, 0.05) is 10.5 Å². The number of hydrogen-bond acceptors (Lipinski definition) is 4. The largest absolute Gasteiger partial charge is 0.438 e. The van der Waals surface area contributed by atoms with Crippen LogP contribution in [-0.2, 0) is 0 Å². The van der Waals surface area contributed by atoms with Crippen molar-refractivity contribution in [3.05, 3.63) is 46.3 Å². The lowest BCUT2D eigenvalue weighted by Gasteiger charge is -2.06. The molecule has 0 aliphatic heterocycles. The van der Waals surface area contributed by atoms with Gasteiger partial charge in [-0.05, 0) is 23.6 Å². The van der Waals surface area contributed by atoms with Crippen molar-refractivity contribution in [2.24, 2.45) is 0 Å². The maximum Gasteiger partial charge on any atom is 0.231 e. The summed E-state index contributed by atoms with van der Waals surface area (Å²) in [4.78, 5) is 9.03. The van der Waals surface area contributed by atoms with Gasteiger partial charge in [0.1, 0.15) is 22.7 Å². The molecule has 0 aliphatic rings. The van der Waals surface area contributed by atoms with Crippen LogP contribution in [0, 0.1) is 5.82 Å². The van der Waals surface area contributed by atoms with Crippen molar-refractivity contribution < 1.29 is 9.13 Å². The third-order valence-corrected chi connectivity index (χ3v) is 3.55. The van der Waals surface area contributed by atoms with E-state index in [1.165, 1.54) is 29.8 Å². The first-order valence-corrected chi connectivity index (χ1v) is 6.72. The standard InChI is InChI=1S/C12H6BrFN2OS/c13-7-3-8(14)5-9(4-7)17-11-10-1-2-18-12(10)16-6-15-11/h1-6H. The van der Waals surface area contributed by atoms with Crippen molar-refractivity contribution in [3.63, 3.8) is 0 Å². The predicted molar refractivity (Wildman–Crippen MR) is 71.6 cm³/mol. The van der Waals surface area contributed by atoms with E-state index in [2.05, 4.69) is 25.9 Å². The maximum atomic E-state index is 13.2. The van der Waals surface area contributed by atoms with E-state index in [0.717, 1.165) is 10.2 Å². The average molecular weight is 325 g/mol. The Bertz CT molecular complexity index is 696. The minimum Gasteiger partial charge on any atom is -0.438 e. The van der Waals surface area contributed by atoms with Gasteiger partial charge >= 0.3 is 0 Å². The van der Waals surface area contributed by atoms with E-state index in [4.69, 9.17) is 4.74 Å². The maximum absolute atomic E-state index is 13.2. The van der Waals surface area contributed by atoms with E-state index in [0.29, 0.717) is 16.1 Å². The molecule has 0 bridgehead atoms. The second kappa shape index (κ2) is 4.62. The van der Waals surface area contributed by atoms with Crippen LogP contribution in [0.2, 0.25) is 0 Å². The fourth-order valence-electron chi connectivity index (χ4n) is 1.55. The summed E-state index contributed by atoms with van der Waals surface area (Å²) in [6.45, 7) is 0. The molecular formula is C12H6BrFN2OS. The number of aromatic nitrogens is 2.